The molecule has 1 aromatic heterocycles. The maximum Gasteiger partial charge on any atom is 0.191 e. The summed E-state index contributed by atoms with van der Waals surface area (Å²) < 4.78 is 11.7. The molecule has 28 heavy (non-hydrogen) atoms. The highest BCUT2D eigenvalue weighted by Crippen LogP contribution is 2.28. The van der Waals surface area contributed by atoms with Crippen molar-refractivity contribution in [2.45, 2.75) is 31.4 Å². The van der Waals surface area contributed by atoms with Crippen molar-refractivity contribution in [3.8, 4) is 5.75 Å². The van der Waals surface area contributed by atoms with Crippen molar-refractivity contribution in [3.63, 3.8) is 0 Å². The first-order valence-electron chi connectivity index (χ1n) is 9.80. The number of ether oxygens (including phenoxy) is 1. The second-order valence-electron chi connectivity index (χ2n) is 7.16. The number of furan rings is 1. The summed E-state index contributed by atoms with van der Waals surface area (Å²) in [4.78, 5) is 6.85. The molecule has 152 valence electrons. The molecule has 1 saturated heterocycles. The van der Waals surface area contributed by atoms with E-state index < -0.39 is 0 Å². The molecule has 2 atom stereocenters. The van der Waals surface area contributed by atoms with Crippen LogP contribution in [0.5, 0.6) is 5.75 Å². The summed E-state index contributed by atoms with van der Waals surface area (Å²) in [5.74, 6) is 2.80. The smallest absolute Gasteiger partial charge is 0.191 e. The van der Waals surface area contributed by atoms with Crippen molar-refractivity contribution in [1.82, 2.24) is 15.5 Å². The zero-order chi connectivity index (χ0) is 18.5. The monoisotopic (exact) mass is 496 g/mol. The number of nitrogens with one attached hydrogen (secondary N) is 2. The molecule has 2 aromatic rings. The van der Waals surface area contributed by atoms with Gasteiger partial charge in [0, 0.05) is 20.0 Å². The molecule has 1 fully saturated rings. The maximum absolute atomic E-state index is 6.00. The first kappa shape index (κ1) is 21.0. The fourth-order valence-corrected chi connectivity index (χ4v) is 3.94. The highest BCUT2D eigenvalue weighted by Gasteiger charge is 2.26. The van der Waals surface area contributed by atoms with Gasteiger partial charge in [0.1, 0.15) is 17.6 Å². The van der Waals surface area contributed by atoms with E-state index in [1.807, 2.05) is 18.2 Å². The maximum atomic E-state index is 6.00. The minimum Gasteiger partial charge on any atom is -0.488 e. The SMILES string of the molecule is CN=C(NCC1Cc2ccccc2O1)NCC(c1ccco1)N1CCCC1.I. The number of hydrogen-bond acceptors (Lipinski definition) is 4. The van der Waals surface area contributed by atoms with Crippen LogP contribution in [0.3, 0.4) is 0 Å². The van der Waals surface area contributed by atoms with E-state index >= 15 is 0 Å². The molecule has 4 rings (SSSR count). The Labute approximate surface area is 183 Å². The van der Waals surface area contributed by atoms with E-state index in [0.717, 1.165) is 50.1 Å². The van der Waals surface area contributed by atoms with Crippen LogP contribution in [0, 0.1) is 0 Å². The predicted molar refractivity (Wildman–Crippen MR) is 122 cm³/mol. The molecule has 0 bridgehead atoms. The van der Waals surface area contributed by atoms with Crippen molar-refractivity contribution >= 4 is 29.9 Å². The Bertz CT molecular complexity index is 735. The number of likely N-dealkylation sites (tertiary alicyclic amines) is 1. The third kappa shape index (κ3) is 5.00. The topological polar surface area (TPSA) is 62.0 Å². The quantitative estimate of drug-likeness (QED) is 0.366. The lowest BCUT2D eigenvalue weighted by atomic mass is 10.1. The van der Waals surface area contributed by atoms with E-state index in [-0.39, 0.29) is 36.1 Å². The fourth-order valence-electron chi connectivity index (χ4n) is 3.94. The van der Waals surface area contributed by atoms with Crippen LogP contribution in [-0.2, 0) is 6.42 Å². The largest absolute Gasteiger partial charge is 0.488 e. The molecule has 2 N–H and O–H groups in total. The standard InChI is InChI=1S/C21H28N4O2.HI/c1-22-21(23-14-17-13-16-7-2-3-8-19(16)27-17)24-15-18(20-9-6-12-26-20)25-10-4-5-11-25;/h2-3,6-9,12,17-18H,4-5,10-11,13-15H2,1H3,(H2,22,23,24);1H. The first-order valence-corrected chi connectivity index (χ1v) is 9.80. The number of benzene rings is 1. The van der Waals surface area contributed by atoms with Crippen molar-refractivity contribution in [2.24, 2.45) is 4.99 Å². The van der Waals surface area contributed by atoms with Crippen LogP contribution < -0.4 is 15.4 Å². The van der Waals surface area contributed by atoms with Gasteiger partial charge in [-0.1, -0.05) is 18.2 Å². The summed E-state index contributed by atoms with van der Waals surface area (Å²) in [6.07, 6.45) is 5.33. The molecular formula is C21H29IN4O2. The highest BCUT2D eigenvalue weighted by atomic mass is 127. The Hall–Kier alpha value is -1.74. The summed E-state index contributed by atoms with van der Waals surface area (Å²) in [5.41, 5.74) is 1.28. The zero-order valence-electron chi connectivity index (χ0n) is 16.3. The average Bonchev–Trinajstić information content (AvgIpc) is 3.46. The molecule has 0 saturated carbocycles. The van der Waals surface area contributed by atoms with Crippen molar-refractivity contribution in [1.29, 1.82) is 0 Å². The van der Waals surface area contributed by atoms with Crippen LogP contribution in [0.25, 0.3) is 0 Å². The van der Waals surface area contributed by atoms with E-state index in [4.69, 9.17) is 9.15 Å². The van der Waals surface area contributed by atoms with Crippen molar-refractivity contribution in [2.75, 3.05) is 33.2 Å². The second-order valence-corrected chi connectivity index (χ2v) is 7.16. The summed E-state index contributed by atoms with van der Waals surface area (Å²) in [6.45, 7) is 3.73. The molecule has 0 spiro atoms. The lowest BCUT2D eigenvalue weighted by Gasteiger charge is -2.27. The molecule has 3 heterocycles. The zero-order valence-corrected chi connectivity index (χ0v) is 18.6. The van der Waals surface area contributed by atoms with Crippen LogP contribution in [0.1, 0.15) is 30.2 Å². The second kappa shape index (κ2) is 10.2. The summed E-state index contributed by atoms with van der Waals surface area (Å²) in [6, 6.07) is 12.5. The Morgan fingerprint density at radius 2 is 2.00 bits per heavy atom. The Morgan fingerprint density at radius 3 is 2.71 bits per heavy atom. The van der Waals surface area contributed by atoms with E-state index in [1.165, 1.54) is 18.4 Å². The number of fused-ring (bicyclic) bond motifs is 1. The van der Waals surface area contributed by atoms with Gasteiger partial charge in [0.2, 0.25) is 0 Å². The predicted octanol–water partition coefficient (Wildman–Crippen LogP) is 3.20. The van der Waals surface area contributed by atoms with Crippen LogP contribution >= 0.6 is 24.0 Å². The van der Waals surface area contributed by atoms with E-state index in [0.29, 0.717) is 0 Å². The molecule has 2 aliphatic rings. The van der Waals surface area contributed by atoms with Gasteiger partial charge in [-0.2, -0.15) is 0 Å². The Morgan fingerprint density at radius 1 is 1.18 bits per heavy atom. The molecule has 0 radical (unpaired) electrons. The number of para-hydroxylation sites is 1. The highest BCUT2D eigenvalue weighted by molar-refractivity contribution is 14.0. The van der Waals surface area contributed by atoms with Gasteiger partial charge in [-0.15, -0.1) is 24.0 Å². The third-order valence-electron chi connectivity index (χ3n) is 5.35. The minimum atomic E-state index is 0. The molecule has 2 unspecified atom stereocenters. The van der Waals surface area contributed by atoms with Gasteiger partial charge >= 0.3 is 0 Å². The van der Waals surface area contributed by atoms with Gasteiger partial charge in [0.15, 0.2) is 5.96 Å². The van der Waals surface area contributed by atoms with Crippen molar-refractivity contribution < 1.29 is 9.15 Å². The molecule has 1 aromatic carbocycles. The normalized spacial score (nSPS) is 20.2. The molecule has 6 nitrogen and oxygen atoms in total. The van der Waals surface area contributed by atoms with Gasteiger partial charge in [-0.25, -0.2) is 0 Å². The average molecular weight is 496 g/mol. The summed E-state index contributed by atoms with van der Waals surface area (Å²) in [5, 5.41) is 6.86. The number of aliphatic imine (C=N–C) groups is 1. The number of guanidine groups is 1. The van der Waals surface area contributed by atoms with Gasteiger partial charge in [0.05, 0.1) is 18.8 Å². The number of halogens is 1. The minimum absolute atomic E-state index is 0. The molecular weight excluding hydrogens is 467 g/mol. The van der Waals surface area contributed by atoms with Crippen LogP contribution in [-0.4, -0.2) is 50.2 Å². The van der Waals surface area contributed by atoms with Crippen LogP contribution in [0.15, 0.2) is 52.1 Å². The van der Waals surface area contributed by atoms with Gasteiger partial charge in [0.25, 0.3) is 0 Å². The lowest BCUT2D eigenvalue weighted by Crippen LogP contribution is -2.45. The number of rotatable bonds is 6. The van der Waals surface area contributed by atoms with E-state index in [1.54, 1.807) is 13.3 Å². The van der Waals surface area contributed by atoms with Gasteiger partial charge in [-0.05, 0) is 49.7 Å². The molecule has 0 amide bonds. The van der Waals surface area contributed by atoms with E-state index in [9.17, 15) is 0 Å². The Balaban J connectivity index is 0.00000225. The van der Waals surface area contributed by atoms with Gasteiger partial charge < -0.3 is 19.8 Å². The molecule has 2 aliphatic heterocycles. The number of hydrogen-bond donors (Lipinski definition) is 2. The molecule has 0 aliphatic carbocycles. The van der Waals surface area contributed by atoms with E-state index in [2.05, 4.69) is 38.7 Å². The van der Waals surface area contributed by atoms with Crippen LogP contribution in [0.4, 0.5) is 0 Å². The van der Waals surface area contributed by atoms with Crippen LogP contribution in [0.2, 0.25) is 0 Å². The van der Waals surface area contributed by atoms with Gasteiger partial charge in [-0.3, -0.25) is 9.89 Å². The summed E-state index contributed by atoms with van der Waals surface area (Å²) in [7, 11) is 1.80. The Kier molecular flexibility index (Phi) is 7.61. The number of nitrogens with zero attached hydrogens (tertiary/aromatic N) is 2. The van der Waals surface area contributed by atoms with Crippen molar-refractivity contribution in [3.05, 3.63) is 54.0 Å². The molecule has 7 heteroatoms. The lowest BCUT2D eigenvalue weighted by molar-refractivity contribution is 0.214. The first-order chi connectivity index (χ1) is 13.3. The summed E-state index contributed by atoms with van der Waals surface area (Å²) >= 11 is 0. The third-order valence-corrected chi connectivity index (χ3v) is 5.35. The fraction of sp³-hybridized carbons (Fsp3) is 0.476.